The van der Waals surface area contributed by atoms with Crippen molar-refractivity contribution < 1.29 is 9.50 Å². The summed E-state index contributed by atoms with van der Waals surface area (Å²) in [5.74, 6) is -0.178. The fraction of sp³-hybridized carbons (Fsp3) is 0.667. The molecule has 17 heavy (non-hydrogen) atoms. The van der Waals surface area contributed by atoms with Crippen molar-refractivity contribution in [2.75, 3.05) is 11.9 Å². The number of aliphatic hydroxyl groups is 1. The second-order valence-electron chi connectivity index (χ2n) is 4.35. The summed E-state index contributed by atoms with van der Waals surface area (Å²) >= 11 is 0. The summed E-state index contributed by atoms with van der Waals surface area (Å²) in [5.41, 5.74) is 0.0551. The van der Waals surface area contributed by atoms with E-state index in [1.54, 1.807) is 0 Å². The molecule has 1 aromatic rings. The molecule has 0 radical (unpaired) electrons. The second-order valence-corrected chi connectivity index (χ2v) is 4.35. The minimum atomic E-state index is -0.396. The highest BCUT2D eigenvalue weighted by Gasteiger charge is 2.23. The van der Waals surface area contributed by atoms with Crippen LogP contribution in [0.15, 0.2) is 6.33 Å². The molecule has 5 heteroatoms. The number of hydrogen-bond donors (Lipinski definition) is 2. The van der Waals surface area contributed by atoms with Crippen molar-refractivity contribution in [2.24, 2.45) is 0 Å². The Morgan fingerprint density at radius 1 is 1.41 bits per heavy atom. The van der Waals surface area contributed by atoms with Crippen LogP contribution in [0.5, 0.6) is 0 Å². The lowest BCUT2D eigenvalue weighted by atomic mass is 9.95. The molecule has 0 aliphatic rings. The van der Waals surface area contributed by atoms with Crippen molar-refractivity contribution in [1.82, 2.24) is 9.97 Å². The molecule has 96 valence electrons. The summed E-state index contributed by atoms with van der Waals surface area (Å²) in [6.45, 7) is 5.84. The zero-order valence-corrected chi connectivity index (χ0v) is 10.6. The van der Waals surface area contributed by atoms with E-state index in [4.69, 9.17) is 5.11 Å². The van der Waals surface area contributed by atoms with E-state index in [1.165, 1.54) is 6.33 Å². The molecule has 1 atom stereocenters. The van der Waals surface area contributed by atoms with Gasteiger partial charge < -0.3 is 10.4 Å². The number of halogens is 1. The van der Waals surface area contributed by atoms with Gasteiger partial charge in [0, 0.05) is 12.1 Å². The molecule has 0 bridgehead atoms. The number of hydrogen-bond acceptors (Lipinski definition) is 4. The Kier molecular flexibility index (Phi) is 4.81. The lowest BCUT2D eigenvalue weighted by molar-refractivity contribution is 0.251. The summed E-state index contributed by atoms with van der Waals surface area (Å²) in [4.78, 5) is 7.81. The van der Waals surface area contributed by atoms with Gasteiger partial charge in [-0.25, -0.2) is 14.4 Å². The van der Waals surface area contributed by atoms with Gasteiger partial charge in [-0.3, -0.25) is 0 Å². The normalized spacial score (nSPS) is 14.4. The molecule has 0 saturated heterocycles. The average molecular weight is 241 g/mol. The first-order chi connectivity index (χ1) is 8.06. The Morgan fingerprint density at radius 3 is 2.65 bits per heavy atom. The van der Waals surface area contributed by atoms with Gasteiger partial charge in [-0.15, -0.1) is 0 Å². The highest BCUT2D eigenvalue weighted by Crippen LogP contribution is 2.23. The molecule has 2 N–H and O–H groups in total. The van der Waals surface area contributed by atoms with Gasteiger partial charge in [-0.2, -0.15) is 0 Å². The van der Waals surface area contributed by atoms with E-state index in [0.717, 1.165) is 6.42 Å². The van der Waals surface area contributed by atoms with Gasteiger partial charge in [0.05, 0.1) is 5.69 Å². The molecule has 0 aromatic carbocycles. The van der Waals surface area contributed by atoms with E-state index in [0.29, 0.717) is 18.5 Å². The molecule has 0 fully saturated rings. The van der Waals surface area contributed by atoms with E-state index in [9.17, 15) is 4.39 Å². The zero-order valence-electron chi connectivity index (χ0n) is 10.6. The van der Waals surface area contributed by atoms with Gasteiger partial charge in [0.15, 0.2) is 11.6 Å². The third-order valence-corrected chi connectivity index (χ3v) is 3.06. The van der Waals surface area contributed by atoms with Crippen LogP contribution >= 0.6 is 0 Å². The van der Waals surface area contributed by atoms with E-state index >= 15 is 0 Å². The quantitative estimate of drug-likeness (QED) is 0.801. The van der Waals surface area contributed by atoms with Crippen molar-refractivity contribution in [2.45, 2.75) is 45.6 Å². The molecular formula is C12H20FN3O. The average Bonchev–Trinajstić information content (AvgIpc) is 2.32. The second kappa shape index (κ2) is 5.91. The predicted octanol–water partition coefficient (Wildman–Crippen LogP) is 2.14. The minimum Gasteiger partial charge on any atom is -0.396 e. The van der Waals surface area contributed by atoms with Gasteiger partial charge in [0.25, 0.3) is 0 Å². The lowest BCUT2D eigenvalue weighted by Gasteiger charge is -2.29. The molecule has 1 rings (SSSR count). The summed E-state index contributed by atoms with van der Waals surface area (Å²) in [7, 11) is 0. The van der Waals surface area contributed by atoms with Crippen molar-refractivity contribution in [3.05, 3.63) is 17.8 Å². The number of nitrogens with one attached hydrogen (secondary N) is 1. The van der Waals surface area contributed by atoms with Crippen LogP contribution in [0.1, 0.15) is 39.3 Å². The van der Waals surface area contributed by atoms with Crippen LogP contribution in [-0.2, 0) is 6.42 Å². The summed E-state index contributed by atoms with van der Waals surface area (Å²) < 4.78 is 13.9. The first kappa shape index (κ1) is 13.8. The Hall–Kier alpha value is -1.23. The van der Waals surface area contributed by atoms with Gasteiger partial charge in [-0.1, -0.05) is 13.8 Å². The number of nitrogens with zero attached hydrogens (tertiary/aromatic N) is 2. The van der Waals surface area contributed by atoms with Crippen LogP contribution in [0.2, 0.25) is 0 Å². The number of aromatic nitrogens is 2. The molecule has 0 amide bonds. The molecule has 1 heterocycles. The van der Waals surface area contributed by atoms with Crippen molar-refractivity contribution in [1.29, 1.82) is 0 Å². The number of aliphatic hydroxyl groups excluding tert-OH is 1. The maximum absolute atomic E-state index is 13.9. The Bertz CT molecular complexity index is 373. The van der Waals surface area contributed by atoms with Gasteiger partial charge in [0.1, 0.15) is 6.33 Å². The lowest BCUT2D eigenvalue weighted by Crippen LogP contribution is -2.36. The topological polar surface area (TPSA) is 58.0 Å². The summed E-state index contributed by atoms with van der Waals surface area (Å²) in [6, 6.07) is 0. The Balaban J connectivity index is 2.93. The molecule has 0 spiro atoms. The first-order valence-electron chi connectivity index (χ1n) is 5.94. The first-order valence-corrected chi connectivity index (χ1v) is 5.94. The fourth-order valence-electron chi connectivity index (χ4n) is 1.60. The molecule has 1 unspecified atom stereocenters. The third-order valence-electron chi connectivity index (χ3n) is 3.06. The van der Waals surface area contributed by atoms with E-state index < -0.39 is 5.82 Å². The zero-order chi connectivity index (χ0) is 12.9. The number of anilines is 1. The van der Waals surface area contributed by atoms with Gasteiger partial charge in [0.2, 0.25) is 0 Å². The predicted molar refractivity (Wildman–Crippen MR) is 65.4 cm³/mol. The number of aryl methyl sites for hydroxylation is 1. The molecule has 4 nitrogen and oxygen atoms in total. The van der Waals surface area contributed by atoms with Crippen LogP contribution in [0.25, 0.3) is 0 Å². The SMILES string of the molecule is CCc1ncnc(NC(C)(CC)CCO)c1F. The largest absolute Gasteiger partial charge is 0.396 e. The van der Waals surface area contributed by atoms with Gasteiger partial charge >= 0.3 is 0 Å². The minimum absolute atomic E-state index is 0.0602. The third kappa shape index (κ3) is 3.36. The van der Waals surface area contributed by atoms with Crippen LogP contribution in [0.3, 0.4) is 0 Å². The molecular weight excluding hydrogens is 221 g/mol. The smallest absolute Gasteiger partial charge is 0.186 e. The van der Waals surface area contributed by atoms with Crippen LogP contribution in [0.4, 0.5) is 10.2 Å². The van der Waals surface area contributed by atoms with Crippen molar-refractivity contribution >= 4 is 5.82 Å². The Labute approximate surface area is 101 Å². The number of rotatable bonds is 6. The molecule has 0 aliphatic heterocycles. The van der Waals surface area contributed by atoms with Crippen LogP contribution in [-0.4, -0.2) is 27.2 Å². The standard InChI is InChI=1S/C12H20FN3O/c1-4-9-10(13)11(15-8-14-9)16-12(3,5-2)6-7-17/h8,17H,4-7H2,1-3H3,(H,14,15,16). The van der Waals surface area contributed by atoms with Crippen molar-refractivity contribution in [3.63, 3.8) is 0 Å². The maximum atomic E-state index is 13.9. The molecule has 1 aromatic heterocycles. The summed E-state index contributed by atoms with van der Waals surface area (Å²) in [6.07, 6.45) is 3.22. The Morgan fingerprint density at radius 2 is 2.12 bits per heavy atom. The van der Waals surface area contributed by atoms with Crippen molar-refractivity contribution in [3.8, 4) is 0 Å². The highest BCUT2D eigenvalue weighted by atomic mass is 19.1. The van der Waals surface area contributed by atoms with Crippen LogP contribution in [0, 0.1) is 5.82 Å². The van der Waals surface area contributed by atoms with Gasteiger partial charge in [-0.05, 0) is 26.2 Å². The van der Waals surface area contributed by atoms with E-state index in [1.807, 2.05) is 20.8 Å². The molecule has 0 saturated carbocycles. The monoisotopic (exact) mass is 241 g/mol. The fourth-order valence-corrected chi connectivity index (χ4v) is 1.60. The van der Waals surface area contributed by atoms with Crippen LogP contribution < -0.4 is 5.32 Å². The maximum Gasteiger partial charge on any atom is 0.186 e. The van der Waals surface area contributed by atoms with E-state index in [-0.39, 0.29) is 18.0 Å². The highest BCUT2D eigenvalue weighted by molar-refractivity contribution is 5.40. The van der Waals surface area contributed by atoms with E-state index in [2.05, 4.69) is 15.3 Å². The summed E-state index contributed by atoms with van der Waals surface area (Å²) in [5, 5.41) is 12.1. The molecule has 0 aliphatic carbocycles.